The van der Waals surface area contributed by atoms with Crippen molar-refractivity contribution in [2.24, 2.45) is 0 Å². The monoisotopic (exact) mass is 236 g/mol. The van der Waals surface area contributed by atoms with Crippen molar-refractivity contribution in [1.82, 2.24) is 10.3 Å². The molecule has 1 unspecified atom stereocenters. The minimum atomic E-state index is -0.934. The number of nitrogens with zero attached hydrogens (tertiary/aromatic N) is 1. The summed E-state index contributed by atoms with van der Waals surface area (Å²) < 4.78 is 0. The second-order valence-corrected chi connectivity index (χ2v) is 4.06. The van der Waals surface area contributed by atoms with Gasteiger partial charge in [0.15, 0.2) is 0 Å². The highest BCUT2D eigenvalue weighted by atomic mass is 16.4. The number of carboxylic acids is 1. The highest BCUT2D eigenvalue weighted by molar-refractivity contribution is 5.95. The van der Waals surface area contributed by atoms with Crippen LogP contribution in [0.15, 0.2) is 12.1 Å². The van der Waals surface area contributed by atoms with E-state index in [2.05, 4.69) is 10.3 Å². The summed E-state index contributed by atoms with van der Waals surface area (Å²) in [4.78, 5) is 26.5. The summed E-state index contributed by atoms with van der Waals surface area (Å²) in [5.74, 6) is -1.22. The van der Waals surface area contributed by atoms with E-state index in [4.69, 9.17) is 5.11 Å². The number of amides is 1. The van der Waals surface area contributed by atoms with Crippen molar-refractivity contribution in [1.29, 1.82) is 0 Å². The van der Waals surface area contributed by atoms with Gasteiger partial charge in [-0.2, -0.15) is 0 Å². The highest BCUT2D eigenvalue weighted by Crippen LogP contribution is 2.07. The molecule has 0 saturated carbocycles. The number of rotatable bonds is 4. The Labute approximate surface area is 99.9 Å². The fourth-order valence-electron chi connectivity index (χ4n) is 1.54. The molecule has 0 aliphatic rings. The Morgan fingerprint density at radius 3 is 2.59 bits per heavy atom. The molecule has 1 aromatic heterocycles. The Kier molecular flexibility index (Phi) is 4.20. The summed E-state index contributed by atoms with van der Waals surface area (Å²) >= 11 is 0. The van der Waals surface area contributed by atoms with E-state index in [0.29, 0.717) is 11.3 Å². The van der Waals surface area contributed by atoms with Crippen LogP contribution < -0.4 is 5.32 Å². The Morgan fingerprint density at radius 2 is 2.06 bits per heavy atom. The molecule has 1 amide bonds. The molecule has 92 valence electrons. The average molecular weight is 236 g/mol. The topological polar surface area (TPSA) is 79.3 Å². The van der Waals surface area contributed by atoms with Gasteiger partial charge in [0.25, 0.3) is 5.91 Å². The average Bonchev–Trinajstić information content (AvgIpc) is 2.15. The van der Waals surface area contributed by atoms with Gasteiger partial charge in [0, 0.05) is 11.7 Å². The van der Waals surface area contributed by atoms with Gasteiger partial charge in [-0.1, -0.05) is 0 Å². The molecule has 5 heteroatoms. The SMILES string of the molecule is Cc1ccc(C(=O)NC(C)CC(=O)O)c(C)n1. The zero-order chi connectivity index (χ0) is 13.0. The van der Waals surface area contributed by atoms with Gasteiger partial charge in [0.1, 0.15) is 0 Å². The van der Waals surface area contributed by atoms with Gasteiger partial charge in [0.05, 0.1) is 17.7 Å². The van der Waals surface area contributed by atoms with Crippen LogP contribution in [0.2, 0.25) is 0 Å². The fraction of sp³-hybridized carbons (Fsp3) is 0.417. The molecule has 0 spiro atoms. The number of pyridine rings is 1. The molecule has 0 aliphatic carbocycles. The molecule has 0 aliphatic heterocycles. The molecule has 0 radical (unpaired) electrons. The van der Waals surface area contributed by atoms with Crippen molar-refractivity contribution in [2.75, 3.05) is 0 Å². The van der Waals surface area contributed by atoms with Crippen LogP contribution in [0, 0.1) is 13.8 Å². The van der Waals surface area contributed by atoms with Crippen LogP contribution in [0.4, 0.5) is 0 Å². The maximum absolute atomic E-state index is 11.8. The van der Waals surface area contributed by atoms with Crippen LogP contribution in [0.1, 0.15) is 35.1 Å². The van der Waals surface area contributed by atoms with Crippen LogP contribution in [-0.4, -0.2) is 28.0 Å². The minimum absolute atomic E-state index is 0.0932. The van der Waals surface area contributed by atoms with E-state index in [0.717, 1.165) is 5.69 Å². The zero-order valence-corrected chi connectivity index (χ0v) is 10.2. The molecule has 17 heavy (non-hydrogen) atoms. The predicted molar refractivity (Wildman–Crippen MR) is 62.9 cm³/mol. The van der Waals surface area contributed by atoms with E-state index in [9.17, 15) is 9.59 Å². The summed E-state index contributed by atoms with van der Waals surface area (Å²) in [6.07, 6.45) is -0.0932. The number of carbonyl (C=O) groups is 2. The maximum Gasteiger partial charge on any atom is 0.305 e. The van der Waals surface area contributed by atoms with Gasteiger partial charge in [-0.15, -0.1) is 0 Å². The number of carbonyl (C=O) groups excluding carboxylic acids is 1. The first-order valence-electron chi connectivity index (χ1n) is 5.37. The largest absolute Gasteiger partial charge is 0.481 e. The van der Waals surface area contributed by atoms with Crippen LogP contribution in [0.3, 0.4) is 0 Å². The standard InChI is InChI=1S/C12H16N2O3/c1-7-4-5-10(9(3)13-7)12(17)14-8(2)6-11(15)16/h4-5,8H,6H2,1-3H3,(H,14,17)(H,15,16). The van der Waals surface area contributed by atoms with Crippen molar-refractivity contribution < 1.29 is 14.7 Å². The molecular weight excluding hydrogens is 220 g/mol. The third-order valence-corrected chi connectivity index (χ3v) is 2.33. The predicted octanol–water partition coefficient (Wildman–Crippen LogP) is 1.29. The maximum atomic E-state index is 11.8. The van der Waals surface area contributed by atoms with E-state index >= 15 is 0 Å². The number of hydrogen-bond acceptors (Lipinski definition) is 3. The van der Waals surface area contributed by atoms with Gasteiger partial charge in [-0.05, 0) is 32.9 Å². The van der Waals surface area contributed by atoms with Crippen LogP contribution in [-0.2, 0) is 4.79 Å². The lowest BCUT2D eigenvalue weighted by molar-refractivity contribution is -0.137. The van der Waals surface area contributed by atoms with Crippen molar-refractivity contribution >= 4 is 11.9 Å². The number of aromatic nitrogens is 1. The molecule has 0 fully saturated rings. The Morgan fingerprint density at radius 1 is 1.41 bits per heavy atom. The summed E-state index contributed by atoms with van der Waals surface area (Å²) in [5.41, 5.74) is 1.97. The molecule has 0 bridgehead atoms. The molecule has 1 rings (SSSR count). The second-order valence-electron chi connectivity index (χ2n) is 4.06. The number of aliphatic carboxylic acids is 1. The third-order valence-electron chi connectivity index (χ3n) is 2.33. The zero-order valence-electron chi connectivity index (χ0n) is 10.2. The smallest absolute Gasteiger partial charge is 0.305 e. The Bertz CT molecular complexity index is 443. The Hall–Kier alpha value is -1.91. The summed E-state index contributed by atoms with van der Waals surface area (Å²) in [6, 6.07) is 3.05. The highest BCUT2D eigenvalue weighted by Gasteiger charge is 2.14. The summed E-state index contributed by atoms with van der Waals surface area (Å²) in [7, 11) is 0. The van der Waals surface area contributed by atoms with Crippen molar-refractivity contribution in [3.63, 3.8) is 0 Å². The molecule has 2 N–H and O–H groups in total. The molecular formula is C12H16N2O3. The number of nitrogens with one attached hydrogen (secondary N) is 1. The molecule has 1 heterocycles. The van der Waals surface area contributed by atoms with E-state index in [1.165, 1.54) is 0 Å². The van der Waals surface area contributed by atoms with E-state index in [-0.39, 0.29) is 12.3 Å². The lowest BCUT2D eigenvalue weighted by Crippen LogP contribution is -2.34. The van der Waals surface area contributed by atoms with Gasteiger partial charge in [-0.3, -0.25) is 14.6 Å². The Balaban J connectivity index is 2.73. The van der Waals surface area contributed by atoms with Crippen molar-refractivity contribution in [3.8, 4) is 0 Å². The van der Waals surface area contributed by atoms with Crippen molar-refractivity contribution in [3.05, 3.63) is 29.1 Å². The van der Waals surface area contributed by atoms with E-state index in [1.54, 1.807) is 26.0 Å². The summed E-state index contributed by atoms with van der Waals surface area (Å²) in [6.45, 7) is 5.26. The van der Waals surface area contributed by atoms with Gasteiger partial charge < -0.3 is 10.4 Å². The molecule has 0 saturated heterocycles. The number of carboxylic acid groups (broad SMARTS) is 1. The van der Waals surface area contributed by atoms with Crippen molar-refractivity contribution in [2.45, 2.75) is 33.2 Å². The van der Waals surface area contributed by atoms with Crippen LogP contribution in [0.5, 0.6) is 0 Å². The second kappa shape index (κ2) is 5.43. The lowest BCUT2D eigenvalue weighted by Gasteiger charge is -2.12. The van der Waals surface area contributed by atoms with E-state index < -0.39 is 12.0 Å². The molecule has 1 aromatic rings. The quantitative estimate of drug-likeness (QED) is 0.825. The van der Waals surface area contributed by atoms with Crippen LogP contribution in [0.25, 0.3) is 0 Å². The number of hydrogen-bond donors (Lipinski definition) is 2. The first-order chi connectivity index (χ1) is 7.90. The molecule has 1 atom stereocenters. The van der Waals surface area contributed by atoms with Gasteiger partial charge in [0.2, 0.25) is 0 Å². The minimum Gasteiger partial charge on any atom is -0.481 e. The normalized spacial score (nSPS) is 11.9. The first-order valence-corrected chi connectivity index (χ1v) is 5.37. The van der Waals surface area contributed by atoms with E-state index in [1.807, 2.05) is 6.92 Å². The first kappa shape index (κ1) is 13.2. The number of aryl methyl sites for hydroxylation is 2. The molecule has 0 aromatic carbocycles. The van der Waals surface area contributed by atoms with Gasteiger partial charge in [-0.25, -0.2) is 0 Å². The third kappa shape index (κ3) is 3.86. The van der Waals surface area contributed by atoms with Gasteiger partial charge >= 0.3 is 5.97 Å². The molecule has 5 nitrogen and oxygen atoms in total. The van der Waals surface area contributed by atoms with Crippen LogP contribution >= 0.6 is 0 Å². The lowest BCUT2D eigenvalue weighted by atomic mass is 10.1. The fourth-order valence-corrected chi connectivity index (χ4v) is 1.54. The summed E-state index contributed by atoms with van der Waals surface area (Å²) in [5, 5.41) is 11.2.